The smallest absolute Gasteiger partial charge is 0.251 e. The minimum absolute atomic E-state index is 0.130. The topological polar surface area (TPSA) is 67.0 Å². The summed E-state index contributed by atoms with van der Waals surface area (Å²) in [7, 11) is 1.62. The van der Waals surface area contributed by atoms with Crippen LogP contribution in [0.5, 0.6) is 5.75 Å². The Balaban J connectivity index is 1.80. The summed E-state index contributed by atoms with van der Waals surface area (Å²) in [6.45, 7) is 1.94. The van der Waals surface area contributed by atoms with Crippen molar-refractivity contribution in [1.82, 2.24) is 15.3 Å². The molecule has 0 spiro atoms. The Morgan fingerprint density at radius 2 is 2.09 bits per heavy atom. The number of para-hydroxylation sites is 1. The maximum atomic E-state index is 12.4. The number of rotatable bonds is 4. The number of nitrogens with one attached hydrogen (secondary N) is 2. The van der Waals surface area contributed by atoms with Crippen molar-refractivity contribution in [2.45, 2.75) is 13.0 Å². The van der Waals surface area contributed by atoms with Crippen molar-refractivity contribution in [3.05, 3.63) is 59.9 Å². The van der Waals surface area contributed by atoms with Gasteiger partial charge >= 0.3 is 0 Å². The largest absolute Gasteiger partial charge is 0.496 e. The van der Waals surface area contributed by atoms with E-state index < -0.39 is 0 Å². The highest BCUT2D eigenvalue weighted by Crippen LogP contribution is 2.24. The zero-order chi connectivity index (χ0) is 15.5. The van der Waals surface area contributed by atoms with Gasteiger partial charge in [0.25, 0.3) is 5.91 Å². The van der Waals surface area contributed by atoms with Crippen molar-refractivity contribution in [3.8, 4) is 5.75 Å². The Hall–Kier alpha value is -2.82. The highest BCUT2D eigenvalue weighted by Gasteiger charge is 2.15. The fourth-order valence-corrected chi connectivity index (χ4v) is 2.46. The average molecular weight is 295 g/mol. The molecule has 0 saturated carbocycles. The normalized spacial score (nSPS) is 12.1. The highest BCUT2D eigenvalue weighted by molar-refractivity contribution is 5.97. The van der Waals surface area contributed by atoms with Crippen molar-refractivity contribution >= 4 is 16.9 Å². The molecular formula is C17H17N3O2. The monoisotopic (exact) mass is 295 g/mol. The molecule has 0 bridgehead atoms. The maximum Gasteiger partial charge on any atom is 0.251 e. The van der Waals surface area contributed by atoms with Crippen molar-refractivity contribution in [2.75, 3.05) is 7.11 Å². The fourth-order valence-electron chi connectivity index (χ4n) is 2.46. The van der Waals surface area contributed by atoms with Crippen LogP contribution < -0.4 is 10.1 Å². The standard InChI is InChI=1S/C17H17N3O2/c1-11(13-5-3-4-6-16(13)22-2)20-17(21)12-7-8-14-15(9-12)19-10-18-14/h3-11H,1-2H3,(H,18,19)(H,20,21)/t11-/m0/s1. The number of benzene rings is 2. The number of fused-ring (bicyclic) bond motifs is 1. The minimum atomic E-state index is -0.152. The Morgan fingerprint density at radius 1 is 1.27 bits per heavy atom. The van der Waals surface area contributed by atoms with E-state index in [2.05, 4.69) is 15.3 Å². The van der Waals surface area contributed by atoms with E-state index in [9.17, 15) is 4.79 Å². The molecule has 1 aromatic heterocycles. The molecule has 1 amide bonds. The van der Waals surface area contributed by atoms with Crippen LogP contribution in [-0.4, -0.2) is 23.0 Å². The summed E-state index contributed by atoms with van der Waals surface area (Å²) >= 11 is 0. The molecule has 0 aliphatic heterocycles. The van der Waals surface area contributed by atoms with Crippen LogP contribution in [0.25, 0.3) is 11.0 Å². The number of H-pyrrole nitrogens is 1. The summed E-state index contributed by atoms with van der Waals surface area (Å²) in [4.78, 5) is 19.6. The molecule has 0 aliphatic carbocycles. The lowest BCUT2D eigenvalue weighted by Gasteiger charge is -2.17. The van der Waals surface area contributed by atoms with Gasteiger partial charge in [0.15, 0.2) is 0 Å². The van der Waals surface area contributed by atoms with E-state index in [1.807, 2.05) is 37.3 Å². The van der Waals surface area contributed by atoms with Gasteiger partial charge in [0, 0.05) is 11.1 Å². The molecule has 0 radical (unpaired) electrons. The third-order valence-corrected chi connectivity index (χ3v) is 3.64. The number of amides is 1. The van der Waals surface area contributed by atoms with Crippen molar-refractivity contribution < 1.29 is 9.53 Å². The molecule has 112 valence electrons. The van der Waals surface area contributed by atoms with Crippen LogP contribution in [0.2, 0.25) is 0 Å². The number of hydrogen-bond donors (Lipinski definition) is 2. The lowest BCUT2D eigenvalue weighted by Crippen LogP contribution is -2.26. The van der Waals surface area contributed by atoms with Crippen molar-refractivity contribution in [3.63, 3.8) is 0 Å². The summed E-state index contributed by atoms with van der Waals surface area (Å²) in [5.41, 5.74) is 3.23. The molecule has 5 nitrogen and oxygen atoms in total. The fraction of sp³-hybridized carbons (Fsp3) is 0.176. The molecule has 0 fully saturated rings. The van der Waals surface area contributed by atoms with Crippen LogP contribution in [0, 0.1) is 0 Å². The van der Waals surface area contributed by atoms with Gasteiger partial charge in [0.2, 0.25) is 0 Å². The van der Waals surface area contributed by atoms with Gasteiger partial charge in [0.1, 0.15) is 5.75 Å². The molecule has 2 N–H and O–H groups in total. The molecule has 1 heterocycles. The van der Waals surface area contributed by atoms with Gasteiger partial charge in [-0.3, -0.25) is 4.79 Å². The molecule has 0 saturated heterocycles. The Kier molecular flexibility index (Phi) is 3.78. The molecule has 2 aromatic carbocycles. The van der Waals surface area contributed by atoms with Crippen LogP contribution in [0.4, 0.5) is 0 Å². The predicted octanol–water partition coefficient (Wildman–Crippen LogP) is 3.06. The first-order chi connectivity index (χ1) is 10.7. The molecule has 0 aliphatic rings. The number of hydrogen-bond acceptors (Lipinski definition) is 3. The molecule has 5 heteroatoms. The average Bonchev–Trinajstić information content (AvgIpc) is 3.02. The molecular weight excluding hydrogens is 278 g/mol. The quantitative estimate of drug-likeness (QED) is 0.777. The van der Waals surface area contributed by atoms with E-state index >= 15 is 0 Å². The first-order valence-corrected chi connectivity index (χ1v) is 7.06. The van der Waals surface area contributed by atoms with Crippen LogP contribution >= 0.6 is 0 Å². The first kappa shape index (κ1) is 14.1. The summed E-state index contributed by atoms with van der Waals surface area (Å²) in [5.74, 6) is 0.634. The summed E-state index contributed by atoms with van der Waals surface area (Å²) < 4.78 is 5.34. The number of aromatic nitrogens is 2. The molecule has 3 aromatic rings. The Bertz CT molecular complexity index is 810. The Morgan fingerprint density at radius 3 is 2.91 bits per heavy atom. The number of carbonyl (C=O) groups is 1. The van der Waals surface area contributed by atoms with Gasteiger partial charge in [-0.15, -0.1) is 0 Å². The number of imidazole rings is 1. The molecule has 22 heavy (non-hydrogen) atoms. The number of aromatic amines is 1. The van der Waals surface area contributed by atoms with Crippen LogP contribution in [0.15, 0.2) is 48.8 Å². The van der Waals surface area contributed by atoms with E-state index in [0.29, 0.717) is 5.56 Å². The second-order valence-electron chi connectivity index (χ2n) is 5.07. The number of carbonyl (C=O) groups excluding carboxylic acids is 1. The van der Waals surface area contributed by atoms with Gasteiger partial charge < -0.3 is 15.0 Å². The van der Waals surface area contributed by atoms with Crippen LogP contribution in [-0.2, 0) is 0 Å². The van der Waals surface area contributed by atoms with E-state index in [4.69, 9.17) is 4.74 Å². The van der Waals surface area contributed by atoms with E-state index in [0.717, 1.165) is 22.3 Å². The minimum Gasteiger partial charge on any atom is -0.496 e. The number of ether oxygens (including phenoxy) is 1. The second kappa shape index (κ2) is 5.89. The highest BCUT2D eigenvalue weighted by atomic mass is 16.5. The Labute approximate surface area is 128 Å². The van der Waals surface area contributed by atoms with Gasteiger partial charge in [-0.2, -0.15) is 0 Å². The predicted molar refractivity (Wildman–Crippen MR) is 85.0 cm³/mol. The zero-order valence-electron chi connectivity index (χ0n) is 12.5. The third-order valence-electron chi connectivity index (χ3n) is 3.64. The maximum absolute atomic E-state index is 12.4. The van der Waals surface area contributed by atoms with Gasteiger partial charge in [-0.05, 0) is 31.2 Å². The summed E-state index contributed by atoms with van der Waals surface area (Å²) in [5, 5.41) is 2.99. The van der Waals surface area contributed by atoms with E-state index in [1.165, 1.54) is 0 Å². The van der Waals surface area contributed by atoms with Gasteiger partial charge in [0.05, 0.1) is 30.5 Å². The molecule has 3 rings (SSSR count). The first-order valence-electron chi connectivity index (χ1n) is 7.06. The zero-order valence-corrected chi connectivity index (χ0v) is 12.5. The lowest BCUT2D eigenvalue weighted by molar-refractivity contribution is 0.0939. The number of nitrogens with zero attached hydrogens (tertiary/aromatic N) is 1. The second-order valence-corrected chi connectivity index (χ2v) is 5.07. The van der Waals surface area contributed by atoms with Gasteiger partial charge in [-0.25, -0.2) is 4.98 Å². The number of methoxy groups -OCH3 is 1. The van der Waals surface area contributed by atoms with E-state index in [-0.39, 0.29) is 11.9 Å². The van der Waals surface area contributed by atoms with Crippen LogP contribution in [0.3, 0.4) is 0 Å². The van der Waals surface area contributed by atoms with Crippen molar-refractivity contribution in [1.29, 1.82) is 0 Å². The molecule has 0 unspecified atom stereocenters. The van der Waals surface area contributed by atoms with Crippen LogP contribution in [0.1, 0.15) is 28.9 Å². The SMILES string of the molecule is COc1ccccc1[C@H](C)NC(=O)c1ccc2nc[nH]c2c1. The van der Waals surface area contributed by atoms with Crippen molar-refractivity contribution in [2.24, 2.45) is 0 Å². The van der Waals surface area contributed by atoms with Gasteiger partial charge in [-0.1, -0.05) is 18.2 Å². The lowest BCUT2D eigenvalue weighted by atomic mass is 10.1. The summed E-state index contributed by atoms with van der Waals surface area (Å²) in [6, 6.07) is 12.9. The van der Waals surface area contributed by atoms with E-state index in [1.54, 1.807) is 25.6 Å². The summed E-state index contributed by atoms with van der Waals surface area (Å²) in [6.07, 6.45) is 1.61. The third kappa shape index (κ3) is 2.65. The molecule has 1 atom stereocenters.